The van der Waals surface area contributed by atoms with Gasteiger partial charge >= 0.3 is 6.03 Å². The van der Waals surface area contributed by atoms with Gasteiger partial charge in [0.05, 0.1) is 0 Å². The van der Waals surface area contributed by atoms with Gasteiger partial charge in [0.15, 0.2) is 0 Å². The van der Waals surface area contributed by atoms with Crippen molar-refractivity contribution < 1.29 is 9.59 Å². The van der Waals surface area contributed by atoms with Gasteiger partial charge in [0.1, 0.15) is 5.82 Å². The lowest BCUT2D eigenvalue weighted by Gasteiger charge is -2.33. The number of rotatable bonds is 6. The molecular formula is C20H27N5O2. The first-order valence-electron chi connectivity index (χ1n) is 9.45. The van der Waals surface area contributed by atoms with E-state index in [1.54, 1.807) is 11.1 Å². The van der Waals surface area contributed by atoms with Crippen molar-refractivity contribution in [1.82, 2.24) is 25.1 Å². The smallest absolute Gasteiger partial charge is 0.317 e. The second kappa shape index (κ2) is 9.21. The molecule has 1 aliphatic rings. The molecule has 2 N–H and O–H groups in total. The van der Waals surface area contributed by atoms with E-state index >= 15 is 0 Å². The number of nitrogens with zero attached hydrogens (tertiary/aromatic N) is 3. The Labute approximate surface area is 159 Å². The fourth-order valence-corrected chi connectivity index (χ4v) is 3.45. The molecule has 27 heavy (non-hydrogen) atoms. The molecule has 0 saturated carbocycles. The number of nitrogens with one attached hydrogen (secondary N) is 2. The minimum atomic E-state index is -0.0776. The minimum Gasteiger partial charge on any atom is -0.352 e. The Morgan fingerprint density at radius 2 is 2.07 bits per heavy atom. The van der Waals surface area contributed by atoms with E-state index in [-0.39, 0.29) is 18.0 Å². The topological polar surface area (TPSA) is 79.3 Å². The molecule has 3 amide bonds. The van der Waals surface area contributed by atoms with Gasteiger partial charge in [-0.15, -0.1) is 0 Å². The van der Waals surface area contributed by atoms with E-state index in [0.29, 0.717) is 19.5 Å². The van der Waals surface area contributed by atoms with Crippen LogP contribution < -0.4 is 10.6 Å². The highest BCUT2D eigenvalue weighted by molar-refractivity contribution is 5.75. The quantitative estimate of drug-likeness (QED) is 0.815. The highest BCUT2D eigenvalue weighted by Crippen LogP contribution is 2.10. The molecule has 7 nitrogen and oxygen atoms in total. The molecule has 1 saturated heterocycles. The number of carbonyl (C=O) groups is 2. The van der Waals surface area contributed by atoms with Crippen molar-refractivity contribution in [2.75, 3.05) is 19.6 Å². The zero-order chi connectivity index (χ0) is 19.1. The molecule has 1 aromatic heterocycles. The molecule has 1 aliphatic heterocycles. The van der Waals surface area contributed by atoms with E-state index in [9.17, 15) is 9.59 Å². The van der Waals surface area contributed by atoms with Crippen LogP contribution in [0.25, 0.3) is 0 Å². The molecule has 144 valence electrons. The Balaban J connectivity index is 1.46. The molecule has 0 bridgehead atoms. The fourth-order valence-electron chi connectivity index (χ4n) is 3.45. The number of carbonyl (C=O) groups excluding carboxylic acids is 2. The second-order valence-corrected chi connectivity index (χ2v) is 6.92. The number of piperidine rings is 1. The maximum Gasteiger partial charge on any atom is 0.317 e. The highest BCUT2D eigenvalue weighted by atomic mass is 16.2. The Morgan fingerprint density at radius 1 is 1.26 bits per heavy atom. The molecule has 0 radical (unpaired) electrons. The van der Waals surface area contributed by atoms with E-state index in [1.807, 2.05) is 24.4 Å². The first-order valence-corrected chi connectivity index (χ1v) is 9.45. The normalized spacial score (nSPS) is 16.8. The molecule has 1 fully saturated rings. The van der Waals surface area contributed by atoms with Crippen molar-refractivity contribution in [3.63, 3.8) is 0 Å². The number of likely N-dealkylation sites (tertiary alicyclic amines) is 1. The number of hydrogen-bond acceptors (Lipinski definition) is 3. The van der Waals surface area contributed by atoms with Gasteiger partial charge in [-0.1, -0.05) is 30.3 Å². The van der Waals surface area contributed by atoms with Crippen LogP contribution in [0.5, 0.6) is 0 Å². The standard InChI is InChI=1S/C20H27N5O2/c1-16(26)23-18-8-5-12-25(15-18)20(27)22-10-9-19-21-11-13-24(19)14-17-6-3-2-4-7-17/h2-4,6-7,11,13,18H,5,8-10,12,14-15H2,1H3,(H,22,27)(H,23,26). The summed E-state index contributed by atoms with van der Waals surface area (Å²) in [6, 6.07) is 10.2. The maximum atomic E-state index is 12.4. The van der Waals surface area contributed by atoms with E-state index in [0.717, 1.165) is 31.8 Å². The predicted molar refractivity (Wildman–Crippen MR) is 103 cm³/mol. The van der Waals surface area contributed by atoms with E-state index in [4.69, 9.17) is 0 Å². The Bertz CT molecular complexity index is 759. The summed E-state index contributed by atoms with van der Waals surface area (Å²) < 4.78 is 2.11. The number of hydrogen-bond donors (Lipinski definition) is 2. The molecule has 0 aliphatic carbocycles. The zero-order valence-corrected chi connectivity index (χ0v) is 15.7. The summed E-state index contributed by atoms with van der Waals surface area (Å²) in [5.74, 6) is 0.904. The summed E-state index contributed by atoms with van der Waals surface area (Å²) in [7, 11) is 0. The Hall–Kier alpha value is -2.83. The molecular weight excluding hydrogens is 342 g/mol. The minimum absolute atomic E-state index is 0.0479. The van der Waals surface area contributed by atoms with Crippen molar-refractivity contribution in [2.24, 2.45) is 0 Å². The van der Waals surface area contributed by atoms with Crippen LogP contribution in [-0.4, -0.2) is 52.1 Å². The maximum absolute atomic E-state index is 12.4. The Kier molecular flexibility index (Phi) is 6.46. The molecule has 1 aromatic carbocycles. The average molecular weight is 369 g/mol. The van der Waals surface area contributed by atoms with Crippen molar-refractivity contribution in [3.05, 3.63) is 54.1 Å². The van der Waals surface area contributed by atoms with Crippen molar-refractivity contribution >= 4 is 11.9 Å². The second-order valence-electron chi connectivity index (χ2n) is 6.92. The van der Waals surface area contributed by atoms with Gasteiger partial charge in [-0.25, -0.2) is 9.78 Å². The van der Waals surface area contributed by atoms with Gasteiger partial charge in [0.2, 0.25) is 5.91 Å². The monoisotopic (exact) mass is 369 g/mol. The first-order chi connectivity index (χ1) is 13.1. The van der Waals surface area contributed by atoms with Crippen LogP contribution in [-0.2, 0) is 17.8 Å². The molecule has 2 heterocycles. The molecule has 7 heteroatoms. The third-order valence-electron chi connectivity index (χ3n) is 4.74. The van der Waals surface area contributed by atoms with Crippen LogP contribution >= 0.6 is 0 Å². The van der Waals surface area contributed by atoms with Crippen molar-refractivity contribution in [3.8, 4) is 0 Å². The van der Waals surface area contributed by atoms with E-state index in [2.05, 4.69) is 32.3 Å². The van der Waals surface area contributed by atoms with Crippen LogP contribution in [0.15, 0.2) is 42.7 Å². The van der Waals surface area contributed by atoms with Gasteiger partial charge in [-0.05, 0) is 18.4 Å². The number of benzene rings is 1. The predicted octanol–water partition coefficient (Wildman–Crippen LogP) is 1.78. The van der Waals surface area contributed by atoms with Gasteiger partial charge in [-0.3, -0.25) is 4.79 Å². The summed E-state index contributed by atoms with van der Waals surface area (Å²) in [6.07, 6.45) is 6.25. The number of imidazole rings is 1. The molecule has 1 atom stereocenters. The third-order valence-corrected chi connectivity index (χ3v) is 4.74. The van der Waals surface area contributed by atoms with Crippen molar-refractivity contribution in [1.29, 1.82) is 0 Å². The van der Waals surface area contributed by atoms with Gasteiger partial charge < -0.3 is 20.1 Å². The van der Waals surface area contributed by atoms with Gasteiger partial charge in [0.25, 0.3) is 0 Å². The zero-order valence-electron chi connectivity index (χ0n) is 15.7. The van der Waals surface area contributed by atoms with Gasteiger partial charge in [0, 0.05) is 58.0 Å². The summed E-state index contributed by atoms with van der Waals surface area (Å²) in [5.41, 5.74) is 1.22. The SMILES string of the molecule is CC(=O)NC1CCCN(C(=O)NCCc2nccn2Cc2ccccc2)C1. The van der Waals surface area contributed by atoms with E-state index < -0.39 is 0 Å². The number of amides is 3. The van der Waals surface area contributed by atoms with Crippen LogP contribution in [0.2, 0.25) is 0 Å². The largest absolute Gasteiger partial charge is 0.352 e. The fraction of sp³-hybridized carbons (Fsp3) is 0.450. The average Bonchev–Trinajstić information content (AvgIpc) is 3.09. The molecule has 3 rings (SSSR count). The molecule has 0 spiro atoms. The number of urea groups is 1. The molecule has 1 unspecified atom stereocenters. The first kappa shape index (κ1) is 18.9. The lowest BCUT2D eigenvalue weighted by Crippen LogP contribution is -2.52. The lowest BCUT2D eigenvalue weighted by molar-refractivity contribution is -0.119. The van der Waals surface area contributed by atoms with Crippen molar-refractivity contribution in [2.45, 2.75) is 38.8 Å². The summed E-state index contributed by atoms with van der Waals surface area (Å²) >= 11 is 0. The van der Waals surface area contributed by atoms with Crippen LogP contribution in [0.4, 0.5) is 4.79 Å². The molecule has 2 aromatic rings. The third kappa shape index (κ3) is 5.57. The van der Waals surface area contributed by atoms with Crippen LogP contribution in [0.1, 0.15) is 31.2 Å². The highest BCUT2D eigenvalue weighted by Gasteiger charge is 2.23. The summed E-state index contributed by atoms with van der Waals surface area (Å²) in [5, 5.41) is 5.88. The summed E-state index contributed by atoms with van der Waals surface area (Å²) in [6.45, 7) is 4.11. The Morgan fingerprint density at radius 3 is 2.85 bits per heavy atom. The van der Waals surface area contributed by atoms with Crippen LogP contribution in [0.3, 0.4) is 0 Å². The lowest BCUT2D eigenvalue weighted by atomic mass is 10.1. The number of aromatic nitrogens is 2. The van der Waals surface area contributed by atoms with Gasteiger partial charge in [-0.2, -0.15) is 0 Å². The van der Waals surface area contributed by atoms with E-state index in [1.165, 1.54) is 12.5 Å². The van der Waals surface area contributed by atoms with Crippen LogP contribution in [0, 0.1) is 0 Å². The summed E-state index contributed by atoms with van der Waals surface area (Å²) in [4.78, 5) is 29.8.